The molecule has 0 bridgehead atoms. The van der Waals surface area contributed by atoms with Crippen molar-refractivity contribution < 1.29 is 0 Å². The molecule has 0 amide bonds. The number of nitrogens with zero attached hydrogens (tertiary/aromatic N) is 2. The molecule has 2 aromatic rings. The number of anilines is 1. The summed E-state index contributed by atoms with van der Waals surface area (Å²) in [6, 6.07) is 0. The van der Waals surface area contributed by atoms with Crippen molar-refractivity contribution in [3.05, 3.63) is 27.7 Å². The van der Waals surface area contributed by atoms with E-state index in [0.717, 1.165) is 6.42 Å². The van der Waals surface area contributed by atoms with E-state index in [1.807, 2.05) is 17.9 Å². The van der Waals surface area contributed by atoms with Gasteiger partial charge in [0.2, 0.25) is 0 Å². The fraction of sp³-hybridized carbons (Fsp3) is 0.143. The molecule has 2 rings (SSSR count). The molecule has 0 spiro atoms. The first-order chi connectivity index (χ1) is 5.84. The summed E-state index contributed by atoms with van der Waals surface area (Å²) >= 11 is 3.19. The molecule has 0 atom stereocenters. The lowest BCUT2D eigenvalue weighted by Crippen LogP contribution is -1.77. The van der Waals surface area contributed by atoms with Gasteiger partial charge in [0, 0.05) is 28.6 Å². The Labute approximate surface area is 77.9 Å². The number of hydrogen-bond donors (Lipinski definition) is 1. The van der Waals surface area contributed by atoms with Crippen molar-refractivity contribution in [2.75, 3.05) is 5.73 Å². The Kier molecular flexibility index (Phi) is 2.05. The molecule has 0 aliphatic rings. The molecule has 0 aliphatic carbocycles. The van der Waals surface area contributed by atoms with Gasteiger partial charge in [0.1, 0.15) is 0 Å². The minimum Gasteiger partial charge on any atom is -0.375 e. The molecule has 0 aliphatic heterocycles. The van der Waals surface area contributed by atoms with Gasteiger partial charge in [-0.25, -0.2) is 4.98 Å². The second-order valence-electron chi connectivity index (χ2n) is 2.31. The molecule has 0 fully saturated rings. The topological polar surface area (TPSA) is 51.8 Å². The van der Waals surface area contributed by atoms with E-state index in [1.165, 1.54) is 21.1 Å². The maximum absolute atomic E-state index is 5.50. The SMILES string of the molecule is Nc1ncc(Cc2cncs2)s1. The smallest absolute Gasteiger partial charge is 0.180 e. The average Bonchev–Trinajstić information content (AvgIpc) is 2.63. The highest BCUT2D eigenvalue weighted by atomic mass is 32.1. The maximum atomic E-state index is 5.50. The van der Waals surface area contributed by atoms with Crippen LogP contribution in [0, 0.1) is 0 Å². The van der Waals surface area contributed by atoms with Gasteiger partial charge in [-0.2, -0.15) is 0 Å². The molecule has 5 heteroatoms. The Morgan fingerprint density at radius 2 is 2.25 bits per heavy atom. The summed E-state index contributed by atoms with van der Waals surface area (Å²) in [5.41, 5.74) is 7.34. The average molecular weight is 197 g/mol. The minimum atomic E-state index is 0.634. The Balaban J connectivity index is 2.14. The highest BCUT2D eigenvalue weighted by Crippen LogP contribution is 2.19. The van der Waals surface area contributed by atoms with Crippen molar-refractivity contribution in [3.63, 3.8) is 0 Å². The predicted octanol–water partition coefficient (Wildman–Crippen LogP) is 1.77. The monoisotopic (exact) mass is 197 g/mol. The number of thiazole rings is 2. The van der Waals surface area contributed by atoms with Gasteiger partial charge >= 0.3 is 0 Å². The van der Waals surface area contributed by atoms with Crippen LogP contribution in [0.1, 0.15) is 9.75 Å². The lowest BCUT2D eigenvalue weighted by atomic mass is 10.3. The zero-order valence-electron chi connectivity index (χ0n) is 6.23. The predicted molar refractivity (Wildman–Crippen MR) is 51.4 cm³/mol. The highest BCUT2D eigenvalue weighted by molar-refractivity contribution is 7.15. The second kappa shape index (κ2) is 3.20. The van der Waals surface area contributed by atoms with Gasteiger partial charge in [0.05, 0.1) is 5.51 Å². The molecular formula is C7H7N3S2. The van der Waals surface area contributed by atoms with Crippen LogP contribution >= 0.6 is 22.7 Å². The molecule has 0 radical (unpaired) electrons. The van der Waals surface area contributed by atoms with Crippen molar-refractivity contribution in [3.8, 4) is 0 Å². The van der Waals surface area contributed by atoms with Gasteiger partial charge in [-0.05, 0) is 0 Å². The van der Waals surface area contributed by atoms with Crippen LogP contribution in [0.3, 0.4) is 0 Å². The molecule has 0 aromatic carbocycles. The van der Waals surface area contributed by atoms with E-state index in [2.05, 4.69) is 9.97 Å². The third-order valence-corrected chi connectivity index (χ3v) is 3.01. The van der Waals surface area contributed by atoms with E-state index in [-0.39, 0.29) is 0 Å². The van der Waals surface area contributed by atoms with Crippen LogP contribution in [0.4, 0.5) is 5.13 Å². The fourth-order valence-electron chi connectivity index (χ4n) is 0.906. The standard InChI is InChI=1S/C7H7N3S2/c8-7-10-3-6(12-7)1-5-2-9-4-11-5/h2-4H,1H2,(H2,8,10). The van der Waals surface area contributed by atoms with E-state index in [0.29, 0.717) is 5.13 Å². The second-order valence-corrected chi connectivity index (χ2v) is 4.43. The van der Waals surface area contributed by atoms with Gasteiger partial charge < -0.3 is 5.73 Å². The molecule has 3 nitrogen and oxygen atoms in total. The number of nitrogen functional groups attached to an aromatic ring is 1. The number of rotatable bonds is 2. The van der Waals surface area contributed by atoms with Crippen molar-refractivity contribution in [2.24, 2.45) is 0 Å². The van der Waals surface area contributed by atoms with Crippen LogP contribution in [-0.4, -0.2) is 9.97 Å². The summed E-state index contributed by atoms with van der Waals surface area (Å²) in [7, 11) is 0. The maximum Gasteiger partial charge on any atom is 0.180 e. The molecule has 0 saturated carbocycles. The number of nitrogens with two attached hydrogens (primary N) is 1. The highest BCUT2D eigenvalue weighted by Gasteiger charge is 2.00. The quantitative estimate of drug-likeness (QED) is 0.798. The minimum absolute atomic E-state index is 0.634. The molecular weight excluding hydrogens is 190 g/mol. The zero-order valence-corrected chi connectivity index (χ0v) is 7.86. The zero-order chi connectivity index (χ0) is 8.39. The van der Waals surface area contributed by atoms with Crippen LogP contribution in [-0.2, 0) is 6.42 Å². The molecule has 62 valence electrons. The van der Waals surface area contributed by atoms with E-state index in [4.69, 9.17) is 5.73 Å². The van der Waals surface area contributed by atoms with E-state index >= 15 is 0 Å². The summed E-state index contributed by atoms with van der Waals surface area (Å²) in [5, 5.41) is 0.634. The van der Waals surface area contributed by atoms with Gasteiger partial charge in [0.15, 0.2) is 5.13 Å². The third kappa shape index (κ3) is 1.62. The summed E-state index contributed by atoms with van der Waals surface area (Å²) in [5.74, 6) is 0. The number of hydrogen-bond acceptors (Lipinski definition) is 5. The first-order valence-electron chi connectivity index (χ1n) is 3.42. The van der Waals surface area contributed by atoms with Crippen molar-refractivity contribution in [1.82, 2.24) is 9.97 Å². The Morgan fingerprint density at radius 1 is 1.33 bits per heavy atom. The summed E-state index contributed by atoms with van der Waals surface area (Å²) in [6.07, 6.45) is 4.60. The Morgan fingerprint density at radius 3 is 2.83 bits per heavy atom. The summed E-state index contributed by atoms with van der Waals surface area (Å²) in [6.45, 7) is 0. The van der Waals surface area contributed by atoms with E-state index in [1.54, 1.807) is 11.3 Å². The molecule has 2 aromatic heterocycles. The van der Waals surface area contributed by atoms with Gasteiger partial charge in [-0.1, -0.05) is 0 Å². The molecule has 2 N–H and O–H groups in total. The fourth-order valence-corrected chi connectivity index (χ4v) is 2.32. The summed E-state index contributed by atoms with van der Waals surface area (Å²) < 4.78 is 0. The van der Waals surface area contributed by atoms with Crippen LogP contribution in [0.15, 0.2) is 17.9 Å². The Hall–Kier alpha value is -0.940. The first-order valence-corrected chi connectivity index (χ1v) is 5.12. The first kappa shape index (κ1) is 7.70. The molecule has 12 heavy (non-hydrogen) atoms. The molecule has 0 saturated heterocycles. The van der Waals surface area contributed by atoms with Crippen molar-refractivity contribution >= 4 is 27.8 Å². The third-order valence-electron chi connectivity index (χ3n) is 1.40. The van der Waals surface area contributed by atoms with Gasteiger partial charge in [0.25, 0.3) is 0 Å². The Bertz CT molecular complexity index is 352. The molecule has 2 heterocycles. The summed E-state index contributed by atoms with van der Waals surface area (Å²) in [4.78, 5) is 10.4. The van der Waals surface area contributed by atoms with Gasteiger partial charge in [-0.15, -0.1) is 22.7 Å². The largest absolute Gasteiger partial charge is 0.375 e. The van der Waals surface area contributed by atoms with E-state index < -0.39 is 0 Å². The van der Waals surface area contributed by atoms with Crippen molar-refractivity contribution in [2.45, 2.75) is 6.42 Å². The van der Waals surface area contributed by atoms with Crippen LogP contribution in [0.2, 0.25) is 0 Å². The van der Waals surface area contributed by atoms with Crippen molar-refractivity contribution in [1.29, 1.82) is 0 Å². The molecule has 0 unspecified atom stereocenters. The van der Waals surface area contributed by atoms with E-state index in [9.17, 15) is 0 Å². The lowest BCUT2D eigenvalue weighted by Gasteiger charge is -1.88. The normalized spacial score (nSPS) is 10.3. The van der Waals surface area contributed by atoms with Gasteiger partial charge in [-0.3, -0.25) is 4.98 Å². The number of aromatic nitrogens is 2. The van der Waals surface area contributed by atoms with Crippen LogP contribution < -0.4 is 5.73 Å². The van der Waals surface area contributed by atoms with Crippen LogP contribution in [0.25, 0.3) is 0 Å². The van der Waals surface area contributed by atoms with Crippen LogP contribution in [0.5, 0.6) is 0 Å². The lowest BCUT2D eigenvalue weighted by molar-refractivity contribution is 1.24.